The zero-order chi connectivity index (χ0) is 10.2. The van der Waals surface area contributed by atoms with Crippen LogP contribution in [0.1, 0.15) is 24.8 Å². The third-order valence-electron chi connectivity index (χ3n) is 2.35. The van der Waals surface area contributed by atoms with Gasteiger partial charge < -0.3 is 4.79 Å². The van der Waals surface area contributed by atoms with Gasteiger partial charge in [-0.2, -0.15) is 0 Å². The van der Waals surface area contributed by atoms with Crippen molar-refractivity contribution in [3.63, 3.8) is 0 Å². The monoisotopic (exact) mass is 189 g/mol. The average Bonchev–Trinajstić information content (AvgIpc) is 2.20. The van der Waals surface area contributed by atoms with Crippen molar-refractivity contribution in [1.82, 2.24) is 0 Å². The number of rotatable bonds is 6. The number of hydrogen-bond acceptors (Lipinski definition) is 1. The normalized spacial score (nSPS) is 12.4. The van der Waals surface area contributed by atoms with Crippen molar-refractivity contribution >= 4 is 6.29 Å². The highest BCUT2D eigenvalue weighted by atomic mass is 16.1. The Morgan fingerprint density at radius 1 is 1.29 bits per heavy atom. The Bertz CT molecular complexity index is 253. The van der Waals surface area contributed by atoms with E-state index in [0.717, 1.165) is 25.5 Å². The van der Waals surface area contributed by atoms with Gasteiger partial charge in [0.15, 0.2) is 0 Å². The van der Waals surface area contributed by atoms with Gasteiger partial charge in [0.05, 0.1) is 0 Å². The molecule has 0 saturated carbocycles. The minimum absolute atomic E-state index is 0.288. The lowest BCUT2D eigenvalue weighted by Crippen LogP contribution is -1.97. The summed E-state index contributed by atoms with van der Waals surface area (Å²) >= 11 is 0. The molecule has 1 nitrogen and oxygen atoms in total. The van der Waals surface area contributed by atoms with Gasteiger partial charge in [-0.1, -0.05) is 30.3 Å². The first-order valence-corrected chi connectivity index (χ1v) is 5.13. The first-order valence-electron chi connectivity index (χ1n) is 5.13. The first-order chi connectivity index (χ1) is 6.83. The summed E-state index contributed by atoms with van der Waals surface area (Å²) < 4.78 is 0. The standard InChI is InChI=1S/C13H17O/c1-12(10-11-14)6-5-9-13-7-3-2-4-8-13/h2-4,7-8,11-12H,1,5-6,9-10H2. The zero-order valence-corrected chi connectivity index (χ0v) is 8.49. The van der Waals surface area contributed by atoms with E-state index in [1.54, 1.807) is 0 Å². The molecular weight excluding hydrogens is 172 g/mol. The number of carbonyl (C=O) groups is 1. The second-order valence-corrected chi connectivity index (χ2v) is 3.65. The Kier molecular flexibility index (Phi) is 4.98. The largest absolute Gasteiger partial charge is 0.303 e. The highest BCUT2D eigenvalue weighted by Crippen LogP contribution is 2.11. The van der Waals surface area contributed by atoms with Crippen LogP contribution in [0, 0.1) is 12.8 Å². The summed E-state index contributed by atoms with van der Waals surface area (Å²) in [6, 6.07) is 10.4. The molecule has 0 aromatic heterocycles. The Morgan fingerprint density at radius 2 is 2.00 bits per heavy atom. The molecule has 1 aromatic rings. The van der Waals surface area contributed by atoms with E-state index in [1.807, 2.05) is 6.07 Å². The van der Waals surface area contributed by atoms with Gasteiger partial charge in [0.1, 0.15) is 6.29 Å². The molecule has 0 N–H and O–H groups in total. The molecule has 0 aliphatic heterocycles. The van der Waals surface area contributed by atoms with Gasteiger partial charge in [0.2, 0.25) is 0 Å². The predicted octanol–water partition coefficient (Wildman–Crippen LogP) is 3.05. The molecule has 0 saturated heterocycles. The van der Waals surface area contributed by atoms with Crippen LogP contribution in [0.4, 0.5) is 0 Å². The average molecular weight is 189 g/mol. The molecule has 1 heteroatoms. The fraction of sp³-hybridized carbons (Fsp3) is 0.385. The highest BCUT2D eigenvalue weighted by Gasteiger charge is 2.00. The van der Waals surface area contributed by atoms with Gasteiger partial charge in [-0.05, 0) is 37.7 Å². The highest BCUT2D eigenvalue weighted by molar-refractivity contribution is 5.49. The van der Waals surface area contributed by atoms with Crippen molar-refractivity contribution in [1.29, 1.82) is 0 Å². The van der Waals surface area contributed by atoms with Crippen LogP contribution < -0.4 is 0 Å². The van der Waals surface area contributed by atoms with Crippen LogP contribution in [0.25, 0.3) is 0 Å². The summed E-state index contributed by atoms with van der Waals surface area (Å²) in [4.78, 5) is 10.2. The lowest BCUT2D eigenvalue weighted by molar-refractivity contribution is -0.108. The molecule has 1 radical (unpaired) electrons. The molecule has 1 unspecified atom stereocenters. The summed E-state index contributed by atoms with van der Waals surface area (Å²) in [5.74, 6) is 0.288. The van der Waals surface area contributed by atoms with Crippen molar-refractivity contribution in [2.45, 2.75) is 25.7 Å². The molecule has 0 bridgehead atoms. The molecule has 1 atom stereocenters. The SMILES string of the molecule is [CH2]C(CC=O)CCCc1ccccc1. The van der Waals surface area contributed by atoms with E-state index in [-0.39, 0.29) is 5.92 Å². The quantitative estimate of drug-likeness (QED) is 0.629. The van der Waals surface area contributed by atoms with E-state index in [2.05, 4.69) is 31.2 Å². The molecule has 0 amide bonds. The molecule has 0 fully saturated rings. The van der Waals surface area contributed by atoms with Gasteiger partial charge in [-0.15, -0.1) is 0 Å². The number of aryl methyl sites for hydroxylation is 1. The van der Waals surface area contributed by atoms with Crippen molar-refractivity contribution in [2.24, 2.45) is 5.92 Å². The number of aldehydes is 1. The van der Waals surface area contributed by atoms with Crippen LogP contribution in [0.5, 0.6) is 0 Å². The maximum atomic E-state index is 10.2. The number of carbonyl (C=O) groups excluding carboxylic acids is 1. The van der Waals surface area contributed by atoms with Crippen molar-refractivity contribution in [2.75, 3.05) is 0 Å². The maximum absolute atomic E-state index is 10.2. The number of hydrogen-bond donors (Lipinski definition) is 0. The zero-order valence-electron chi connectivity index (χ0n) is 8.49. The molecule has 0 aliphatic rings. The Labute approximate surface area is 86.1 Å². The van der Waals surface area contributed by atoms with E-state index in [1.165, 1.54) is 5.56 Å². The fourth-order valence-corrected chi connectivity index (χ4v) is 1.49. The van der Waals surface area contributed by atoms with Crippen LogP contribution in [0.3, 0.4) is 0 Å². The van der Waals surface area contributed by atoms with Gasteiger partial charge in [-0.25, -0.2) is 0 Å². The second kappa shape index (κ2) is 6.36. The van der Waals surface area contributed by atoms with Crippen molar-refractivity contribution < 1.29 is 4.79 Å². The van der Waals surface area contributed by atoms with Crippen LogP contribution in [-0.2, 0) is 11.2 Å². The fourth-order valence-electron chi connectivity index (χ4n) is 1.49. The predicted molar refractivity (Wildman–Crippen MR) is 58.9 cm³/mol. The van der Waals surface area contributed by atoms with Gasteiger partial charge >= 0.3 is 0 Å². The third kappa shape index (κ3) is 4.22. The first kappa shape index (κ1) is 11.0. The molecule has 0 spiro atoms. The van der Waals surface area contributed by atoms with Crippen molar-refractivity contribution in [3.8, 4) is 0 Å². The second-order valence-electron chi connectivity index (χ2n) is 3.65. The van der Waals surface area contributed by atoms with E-state index >= 15 is 0 Å². The Hall–Kier alpha value is -1.11. The topological polar surface area (TPSA) is 17.1 Å². The van der Waals surface area contributed by atoms with Gasteiger partial charge in [-0.3, -0.25) is 0 Å². The maximum Gasteiger partial charge on any atom is 0.120 e. The van der Waals surface area contributed by atoms with E-state index in [9.17, 15) is 4.79 Å². The van der Waals surface area contributed by atoms with E-state index in [4.69, 9.17) is 0 Å². The summed E-state index contributed by atoms with van der Waals surface area (Å²) in [6.07, 6.45) is 4.79. The Balaban J connectivity index is 2.18. The lowest BCUT2D eigenvalue weighted by Gasteiger charge is -2.06. The molecule has 0 aliphatic carbocycles. The van der Waals surface area contributed by atoms with E-state index < -0.39 is 0 Å². The van der Waals surface area contributed by atoms with E-state index in [0.29, 0.717) is 6.42 Å². The summed E-state index contributed by atoms with van der Waals surface area (Å²) in [6.45, 7) is 3.93. The van der Waals surface area contributed by atoms with Crippen LogP contribution in [0.15, 0.2) is 30.3 Å². The Morgan fingerprint density at radius 3 is 2.64 bits per heavy atom. The van der Waals surface area contributed by atoms with Crippen LogP contribution in [0.2, 0.25) is 0 Å². The summed E-state index contributed by atoms with van der Waals surface area (Å²) in [5, 5.41) is 0. The van der Waals surface area contributed by atoms with Crippen LogP contribution in [-0.4, -0.2) is 6.29 Å². The molecule has 1 aromatic carbocycles. The molecule has 75 valence electrons. The van der Waals surface area contributed by atoms with Crippen LogP contribution >= 0.6 is 0 Å². The minimum atomic E-state index is 0.288. The molecule has 1 rings (SSSR count). The summed E-state index contributed by atoms with van der Waals surface area (Å²) in [7, 11) is 0. The lowest BCUT2D eigenvalue weighted by atomic mass is 9.99. The third-order valence-corrected chi connectivity index (χ3v) is 2.35. The van der Waals surface area contributed by atoms with Crippen molar-refractivity contribution in [3.05, 3.63) is 42.8 Å². The molecule has 14 heavy (non-hydrogen) atoms. The van der Waals surface area contributed by atoms with Gasteiger partial charge in [0.25, 0.3) is 0 Å². The smallest absolute Gasteiger partial charge is 0.120 e. The molecular formula is C13H17O. The summed E-state index contributed by atoms with van der Waals surface area (Å²) in [5.41, 5.74) is 1.37. The minimum Gasteiger partial charge on any atom is -0.303 e. The molecule has 0 heterocycles. The van der Waals surface area contributed by atoms with Gasteiger partial charge in [0, 0.05) is 6.42 Å². The number of benzene rings is 1.